The standard InChI is InChI=1S/C6H7BrO4.C6H15N/c1-6(2)10-4(8)3(7)5(9)11-6;1-4-7(5-2)6-3/h8H,1-2H3;4-6H2,1-3H3. The number of quaternary nitrogens is 1. The predicted molar refractivity (Wildman–Crippen MR) is 69.8 cm³/mol. The molecule has 6 heteroatoms. The third-order valence-corrected chi connectivity index (χ3v) is 3.18. The maximum Gasteiger partial charge on any atom is 0.348 e. The van der Waals surface area contributed by atoms with E-state index in [1.165, 1.54) is 33.5 Å². The second-order valence-electron chi connectivity index (χ2n) is 4.30. The van der Waals surface area contributed by atoms with Crippen LogP contribution in [0.25, 0.3) is 0 Å². The zero-order chi connectivity index (χ0) is 14.3. The van der Waals surface area contributed by atoms with E-state index in [1.54, 1.807) is 4.90 Å². The van der Waals surface area contributed by atoms with Crippen LogP contribution in [0.2, 0.25) is 0 Å². The third kappa shape index (κ3) is 5.73. The third-order valence-electron chi connectivity index (χ3n) is 2.54. The molecule has 1 aliphatic rings. The molecular weight excluding hydrogens is 302 g/mol. The highest BCUT2D eigenvalue weighted by atomic mass is 79.9. The normalized spacial score (nSPS) is 17.8. The largest absolute Gasteiger partial charge is 0.574 e. The van der Waals surface area contributed by atoms with E-state index in [4.69, 9.17) is 9.47 Å². The van der Waals surface area contributed by atoms with Gasteiger partial charge in [-0.1, -0.05) is 0 Å². The fraction of sp³-hybridized carbons (Fsp3) is 0.750. The molecule has 0 aromatic carbocycles. The van der Waals surface area contributed by atoms with Crippen molar-refractivity contribution in [1.29, 1.82) is 0 Å². The van der Waals surface area contributed by atoms with Gasteiger partial charge in [0.1, 0.15) is 4.48 Å². The lowest BCUT2D eigenvalue weighted by Crippen LogP contribution is -3.11. The van der Waals surface area contributed by atoms with E-state index in [9.17, 15) is 9.90 Å². The van der Waals surface area contributed by atoms with Crippen molar-refractivity contribution < 1.29 is 24.3 Å². The molecule has 0 fully saturated rings. The molecule has 106 valence electrons. The summed E-state index contributed by atoms with van der Waals surface area (Å²) >= 11 is 2.74. The van der Waals surface area contributed by atoms with Gasteiger partial charge < -0.3 is 19.5 Å². The molecular formula is C12H22BrNO4. The number of cyclic esters (lactones) is 1. The van der Waals surface area contributed by atoms with Crippen LogP contribution in [0.15, 0.2) is 10.4 Å². The van der Waals surface area contributed by atoms with E-state index < -0.39 is 17.7 Å². The Balaban J connectivity index is 0.000000360. The summed E-state index contributed by atoms with van der Waals surface area (Å²) in [5.41, 5.74) is 0. The van der Waals surface area contributed by atoms with Gasteiger partial charge in [-0.15, -0.1) is 0 Å². The van der Waals surface area contributed by atoms with Crippen molar-refractivity contribution >= 4 is 21.9 Å². The van der Waals surface area contributed by atoms with Gasteiger partial charge in [0.05, 0.1) is 25.6 Å². The first-order valence-corrected chi connectivity index (χ1v) is 6.89. The lowest BCUT2D eigenvalue weighted by atomic mass is 10.3. The van der Waals surface area contributed by atoms with Crippen LogP contribution in [0.4, 0.5) is 0 Å². The number of rotatable bonds is 3. The minimum absolute atomic E-state index is 0.197. The lowest BCUT2D eigenvalue weighted by molar-refractivity contribution is -0.894. The quantitative estimate of drug-likeness (QED) is 0.751. The monoisotopic (exact) mass is 323 g/mol. The predicted octanol–water partition coefficient (Wildman–Crippen LogP) is 0.151. The summed E-state index contributed by atoms with van der Waals surface area (Å²) in [5.74, 6) is -2.52. The average molecular weight is 324 g/mol. The van der Waals surface area contributed by atoms with E-state index in [-0.39, 0.29) is 4.48 Å². The first kappa shape index (κ1) is 17.2. The minimum atomic E-state index is -1.15. The topological polar surface area (TPSA) is 63.0 Å². The molecule has 0 amide bonds. The summed E-state index contributed by atoms with van der Waals surface area (Å²) in [4.78, 5) is 12.5. The fourth-order valence-electron chi connectivity index (χ4n) is 1.39. The summed E-state index contributed by atoms with van der Waals surface area (Å²) in [6, 6.07) is 0. The summed E-state index contributed by atoms with van der Waals surface area (Å²) in [5, 5.41) is 10.8. The molecule has 0 aromatic heterocycles. The summed E-state index contributed by atoms with van der Waals surface area (Å²) in [6.45, 7) is 13.5. The molecule has 0 saturated carbocycles. The molecule has 0 unspecified atom stereocenters. The van der Waals surface area contributed by atoms with Gasteiger partial charge in [-0.05, 0) is 50.5 Å². The number of halogens is 1. The number of ether oxygens (including phenoxy) is 2. The van der Waals surface area contributed by atoms with Crippen LogP contribution < -0.4 is 10.0 Å². The molecule has 0 aromatic rings. The zero-order valence-corrected chi connectivity index (χ0v) is 13.2. The summed E-state index contributed by atoms with van der Waals surface area (Å²) in [7, 11) is 0. The van der Waals surface area contributed by atoms with Crippen molar-refractivity contribution in [3.05, 3.63) is 10.4 Å². The van der Waals surface area contributed by atoms with Gasteiger partial charge in [0.15, 0.2) is 5.79 Å². The number of carbonyl (C=O) groups excluding carboxylic acids is 1. The van der Waals surface area contributed by atoms with Gasteiger partial charge in [0.2, 0.25) is 0 Å². The maximum absolute atomic E-state index is 10.8. The van der Waals surface area contributed by atoms with E-state index in [1.807, 2.05) is 0 Å². The number of esters is 1. The van der Waals surface area contributed by atoms with Crippen LogP contribution in [0.1, 0.15) is 34.6 Å². The Kier molecular flexibility index (Phi) is 7.32. The Morgan fingerprint density at radius 2 is 1.61 bits per heavy atom. The molecule has 0 spiro atoms. The maximum atomic E-state index is 10.8. The van der Waals surface area contributed by atoms with Crippen LogP contribution in [-0.2, 0) is 14.3 Å². The number of hydrogen-bond donors (Lipinski definition) is 1. The Bertz CT molecular complexity index is 306. The Morgan fingerprint density at radius 1 is 1.17 bits per heavy atom. The van der Waals surface area contributed by atoms with Crippen molar-refractivity contribution in [1.82, 2.24) is 0 Å². The molecule has 5 nitrogen and oxygen atoms in total. The molecule has 0 saturated heterocycles. The van der Waals surface area contributed by atoms with E-state index in [2.05, 4.69) is 36.7 Å². The molecule has 1 heterocycles. The van der Waals surface area contributed by atoms with Crippen molar-refractivity contribution in [2.24, 2.45) is 0 Å². The first-order valence-electron chi connectivity index (χ1n) is 6.10. The fourth-order valence-corrected chi connectivity index (χ4v) is 1.55. The molecule has 0 atom stereocenters. The van der Waals surface area contributed by atoms with Crippen molar-refractivity contribution in [3.63, 3.8) is 0 Å². The van der Waals surface area contributed by atoms with E-state index in [0.29, 0.717) is 0 Å². The Morgan fingerprint density at radius 3 is 1.89 bits per heavy atom. The van der Waals surface area contributed by atoms with E-state index in [0.717, 1.165) is 0 Å². The molecule has 0 radical (unpaired) electrons. The smallest absolute Gasteiger partial charge is 0.348 e. The van der Waals surface area contributed by atoms with Gasteiger partial charge >= 0.3 is 5.97 Å². The van der Waals surface area contributed by atoms with Gasteiger partial charge in [-0.25, -0.2) is 4.79 Å². The molecule has 1 rings (SSSR count). The van der Waals surface area contributed by atoms with Crippen molar-refractivity contribution in [2.45, 2.75) is 40.4 Å². The average Bonchev–Trinajstić information content (AvgIpc) is 2.28. The first-order chi connectivity index (χ1) is 8.27. The highest BCUT2D eigenvalue weighted by molar-refractivity contribution is 9.12. The number of carbonyl (C=O) groups is 1. The summed E-state index contributed by atoms with van der Waals surface area (Å²) < 4.78 is 9.18. The second kappa shape index (κ2) is 7.63. The summed E-state index contributed by atoms with van der Waals surface area (Å²) in [6.07, 6.45) is 0. The highest BCUT2D eigenvalue weighted by Crippen LogP contribution is 2.26. The SMILES string of the molecule is CC1(C)OC(=O)C(Br)=C([O-])O1.CC[NH+](CC)CC. The lowest BCUT2D eigenvalue weighted by Gasteiger charge is -2.38. The van der Waals surface area contributed by atoms with Crippen LogP contribution in [-0.4, -0.2) is 31.4 Å². The van der Waals surface area contributed by atoms with E-state index >= 15 is 0 Å². The van der Waals surface area contributed by atoms with Gasteiger partial charge in [0.25, 0.3) is 0 Å². The van der Waals surface area contributed by atoms with Crippen LogP contribution >= 0.6 is 15.9 Å². The molecule has 0 aliphatic carbocycles. The van der Waals surface area contributed by atoms with Gasteiger partial charge in [0, 0.05) is 0 Å². The number of nitrogens with one attached hydrogen (secondary N) is 1. The molecule has 1 N–H and O–H groups in total. The van der Waals surface area contributed by atoms with Crippen LogP contribution in [0.5, 0.6) is 0 Å². The van der Waals surface area contributed by atoms with Gasteiger partial charge in [-0.3, -0.25) is 0 Å². The minimum Gasteiger partial charge on any atom is -0.574 e. The number of hydrogen-bond acceptors (Lipinski definition) is 4. The zero-order valence-electron chi connectivity index (χ0n) is 11.6. The van der Waals surface area contributed by atoms with Gasteiger partial charge in [-0.2, -0.15) is 0 Å². The van der Waals surface area contributed by atoms with Crippen LogP contribution in [0.3, 0.4) is 0 Å². The highest BCUT2D eigenvalue weighted by Gasteiger charge is 2.27. The van der Waals surface area contributed by atoms with Crippen molar-refractivity contribution in [2.75, 3.05) is 19.6 Å². The molecule has 18 heavy (non-hydrogen) atoms. The Labute approximate surface area is 117 Å². The van der Waals surface area contributed by atoms with Crippen molar-refractivity contribution in [3.8, 4) is 0 Å². The Hall–Kier alpha value is -0.750. The molecule has 1 aliphatic heterocycles. The van der Waals surface area contributed by atoms with Crippen LogP contribution in [0, 0.1) is 0 Å². The second-order valence-corrected chi connectivity index (χ2v) is 5.10. The molecule has 0 bridgehead atoms.